The van der Waals surface area contributed by atoms with Gasteiger partial charge in [-0.3, -0.25) is 9.59 Å². The van der Waals surface area contributed by atoms with Gasteiger partial charge in [-0.05, 0) is 18.6 Å². The average molecular weight is 311 g/mol. The van der Waals surface area contributed by atoms with E-state index in [1.165, 1.54) is 6.92 Å². The summed E-state index contributed by atoms with van der Waals surface area (Å²) in [5.41, 5.74) is 0.812. The minimum absolute atomic E-state index is 0.00671. The zero-order valence-electron chi connectivity index (χ0n) is 12.0. The van der Waals surface area contributed by atoms with Crippen LogP contribution in [0.2, 0.25) is 5.02 Å². The van der Waals surface area contributed by atoms with Crippen LogP contribution in [0.25, 0.3) is 0 Å². The van der Waals surface area contributed by atoms with Crippen molar-refractivity contribution in [2.45, 2.75) is 19.4 Å². The summed E-state index contributed by atoms with van der Waals surface area (Å²) in [5, 5.41) is 9.88. The molecule has 0 aromatic heterocycles. The first kappa shape index (κ1) is 15.8. The van der Waals surface area contributed by atoms with E-state index in [9.17, 15) is 14.7 Å². The van der Waals surface area contributed by atoms with E-state index in [4.69, 9.17) is 11.6 Å². The molecule has 1 aromatic rings. The predicted octanol–water partition coefficient (Wildman–Crippen LogP) is 0.934. The van der Waals surface area contributed by atoms with Gasteiger partial charge < -0.3 is 14.9 Å². The van der Waals surface area contributed by atoms with Gasteiger partial charge in [0.2, 0.25) is 5.91 Å². The molecule has 0 aliphatic carbocycles. The Labute approximate surface area is 129 Å². The van der Waals surface area contributed by atoms with Crippen molar-refractivity contribution in [2.75, 3.05) is 26.2 Å². The number of carbonyl (C=O) groups excluding carboxylic acids is 2. The summed E-state index contributed by atoms with van der Waals surface area (Å²) in [6, 6.07) is 7.29. The number of aliphatic hydroxyl groups is 1. The maximum Gasteiger partial charge on any atom is 0.251 e. The van der Waals surface area contributed by atoms with Crippen LogP contribution < -0.4 is 0 Å². The lowest BCUT2D eigenvalue weighted by Gasteiger charge is -2.35. The van der Waals surface area contributed by atoms with Gasteiger partial charge in [0.05, 0.1) is 6.42 Å². The van der Waals surface area contributed by atoms with Crippen LogP contribution in [-0.2, 0) is 16.0 Å². The largest absolute Gasteiger partial charge is 0.384 e. The zero-order valence-corrected chi connectivity index (χ0v) is 12.7. The topological polar surface area (TPSA) is 60.9 Å². The van der Waals surface area contributed by atoms with Crippen molar-refractivity contribution >= 4 is 23.4 Å². The molecule has 21 heavy (non-hydrogen) atoms. The Morgan fingerprint density at radius 3 is 2.33 bits per heavy atom. The van der Waals surface area contributed by atoms with E-state index < -0.39 is 6.10 Å². The molecule has 1 N–H and O–H groups in total. The van der Waals surface area contributed by atoms with Gasteiger partial charge >= 0.3 is 0 Å². The van der Waals surface area contributed by atoms with Crippen LogP contribution in [0.1, 0.15) is 12.5 Å². The minimum atomic E-state index is -0.990. The van der Waals surface area contributed by atoms with Gasteiger partial charge in [-0.15, -0.1) is 0 Å². The van der Waals surface area contributed by atoms with Crippen molar-refractivity contribution in [3.8, 4) is 0 Å². The second kappa shape index (κ2) is 6.91. The SMILES string of the molecule is CC(O)C(=O)N1CCN(C(=O)Cc2ccccc2Cl)CC1. The Hall–Kier alpha value is -1.59. The van der Waals surface area contributed by atoms with Crippen molar-refractivity contribution < 1.29 is 14.7 Å². The summed E-state index contributed by atoms with van der Waals surface area (Å²) >= 11 is 6.06. The fraction of sp³-hybridized carbons (Fsp3) is 0.467. The monoisotopic (exact) mass is 310 g/mol. The lowest BCUT2D eigenvalue weighted by atomic mass is 10.1. The molecule has 1 aliphatic rings. The van der Waals surface area contributed by atoms with E-state index in [1.54, 1.807) is 15.9 Å². The average Bonchev–Trinajstić information content (AvgIpc) is 2.49. The summed E-state index contributed by atoms with van der Waals surface area (Å²) in [4.78, 5) is 27.2. The Balaban J connectivity index is 1.89. The van der Waals surface area contributed by atoms with Crippen LogP contribution in [0.5, 0.6) is 0 Å². The number of carbonyl (C=O) groups is 2. The van der Waals surface area contributed by atoms with E-state index in [0.717, 1.165) is 5.56 Å². The molecular formula is C15H19ClN2O3. The van der Waals surface area contributed by atoms with Crippen LogP contribution in [0.4, 0.5) is 0 Å². The summed E-state index contributed by atoms with van der Waals surface area (Å²) in [6.07, 6.45) is -0.723. The first-order valence-electron chi connectivity index (χ1n) is 6.97. The molecule has 1 heterocycles. The molecule has 5 nitrogen and oxygen atoms in total. The van der Waals surface area contributed by atoms with E-state index >= 15 is 0 Å². The molecule has 1 fully saturated rings. The standard InChI is InChI=1S/C15H19ClN2O3/c1-11(19)15(21)18-8-6-17(7-9-18)14(20)10-12-4-2-3-5-13(12)16/h2-5,11,19H,6-10H2,1H3. The molecule has 2 rings (SSSR count). The number of rotatable bonds is 3. The normalized spacial score (nSPS) is 16.7. The molecule has 1 aliphatic heterocycles. The van der Waals surface area contributed by atoms with E-state index in [2.05, 4.69) is 0 Å². The maximum absolute atomic E-state index is 12.2. The summed E-state index contributed by atoms with van der Waals surface area (Å²) in [6.45, 7) is 3.34. The highest BCUT2D eigenvalue weighted by atomic mass is 35.5. The molecule has 0 saturated carbocycles. The smallest absolute Gasteiger partial charge is 0.251 e. The number of amides is 2. The number of benzene rings is 1. The van der Waals surface area contributed by atoms with Crippen molar-refractivity contribution in [1.29, 1.82) is 0 Å². The number of halogens is 1. The fourth-order valence-electron chi connectivity index (χ4n) is 2.36. The van der Waals surface area contributed by atoms with Crippen molar-refractivity contribution in [3.05, 3.63) is 34.9 Å². The third-order valence-corrected chi connectivity index (χ3v) is 3.97. The third kappa shape index (κ3) is 3.95. The molecule has 1 saturated heterocycles. The predicted molar refractivity (Wildman–Crippen MR) is 80.0 cm³/mol. The second-order valence-electron chi connectivity index (χ2n) is 5.15. The molecule has 114 valence electrons. The third-order valence-electron chi connectivity index (χ3n) is 3.60. The number of nitrogens with zero attached hydrogens (tertiary/aromatic N) is 2. The van der Waals surface area contributed by atoms with Crippen LogP contribution in [0, 0.1) is 0 Å². The molecule has 0 spiro atoms. The van der Waals surface area contributed by atoms with Crippen molar-refractivity contribution in [2.24, 2.45) is 0 Å². The maximum atomic E-state index is 12.2. The quantitative estimate of drug-likeness (QED) is 0.903. The zero-order chi connectivity index (χ0) is 15.4. The molecular weight excluding hydrogens is 292 g/mol. The molecule has 6 heteroatoms. The summed E-state index contributed by atoms with van der Waals surface area (Å²) < 4.78 is 0. The Kier molecular flexibility index (Phi) is 5.20. The van der Waals surface area contributed by atoms with Crippen molar-refractivity contribution in [1.82, 2.24) is 9.80 Å². The molecule has 1 aromatic carbocycles. The molecule has 0 bridgehead atoms. The first-order chi connectivity index (χ1) is 9.99. The summed E-state index contributed by atoms with van der Waals surface area (Å²) in [7, 11) is 0. The molecule has 1 unspecified atom stereocenters. The van der Waals surface area contributed by atoms with Crippen LogP contribution >= 0.6 is 11.6 Å². The number of hydrogen-bond donors (Lipinski definition) is 1. The minimum Gasteiger partial charge on any atom is -0.384 e. The van der Waals surface area contributed by atoms with E-state index in [-0.39, 0.29) is 18.2 Å². The van der Waals surface area contributed by atoms with E-state index in [0.29, 0.717) is 31.2 Å². The molecule has 2 amide bonds. The van der Waals surface area contributed by atoms with Gasteiger partial charge in [0.25, 0.3) is 5.91 Å². The van der Waals surface area contributed by atoms with Gasteiger partial charge in [0.15, 0.2) is 0 Å². The molecule has 1 atom stereocenters. The van der Waals surface area contributed by atoms with Gasteiger partial charge in [-0.25, -0.2) is 0 Å². The first-order valence-corrected chi connectivity index (χ1v) is 7.35. The van der Waals surface area contributed by atoms with Gasteiger partial charge in [0, 0.05) is 31.2 Å². The van der Waals surface area contributed by atoms with Gasteiger partial charge in [0.1, 0.15) is 6.10 Å². The van der Waals surface area contributed by atoms with E-state index in [1.807, 2.05) is 18.2 Å². The Morgan fingerprint density at radius 1 is 1.19 bits per heavy atom. The van der Waals surface area contributed by atoms with Gasteiger partial charge in [-0.1, -0.05) is 29.8 Å². The lowest BCUT2D eigenvalue weighted by molar-refractivity contribution is -0.144. The highest BCUT2D eigenvalue weighted by Gasteiger charge is 2.26. The van der Waals surface area contributed by atoms with Crippen LogP contribution in [-0.4, -0.2) is 59.0 Å². The highest BCUT2D eigenvalue weighted by molar-refractivity contribution is 6.31. The number of hydrogen-bond acceptors (Lipinski definition) is 3. The van der Waals surface area contributed by atoms with Crippen LogP contribution in [0.15, 0.2) is 24.3 Å². The van der Waals surface area contributed by atoms with Crippen LogP contribution in [0.3, 0.4) is 0 Å². The highest BCUT2D eigenvalue weighted by Crippen LogP contribution is 2.16. The number of piperazine rings is 1. The van der Waals surface area contributed by atoms with Gasteiger partial charge in [-0.2, -0.15) is 0 Å². The number of aliphatic hydroxyl groups excluding tert-OH is 1. The summed E-state index contributed by atoms with van der Waals surface area (Å²) in [5.74, 6) is -0.277. The Bertz CT molecular complexity index is 525. The molecule has 0 radical (unpaired) electrons. The lowest BCUT2D eigenvalue weighted by Crippen LogP contribution is -2.52. The second-order valence-corrected chi connectivity index (χ2v) is 5.56. The fourth-order valence-corrected chi connectivity index (χ4v) is 2.56. The van der Waals surface area contributed by atoms with Crippen molar-refractivity contribution in [3.63, 3.8) is 0 Å². The Morgan fingerprint density at radius 2 is 1.76 bits per heavy atom.